The Bertz CT molecular complexity index is 791. The van der Waals surface area contributed by atoms with Gasteiger partial charge in [-0.25, -0.2) is 18.0 Å². The van der Waals surface area contributed by atoms with Crippen molar-refractivity contribution in [2.45, 2.75) is 57.1 Å². The molecule has 1 aromatic carbocycles. The van der Waals surface area contributed by atoms with Gasteiger partial charge in [0.2, 0.25) is 10.0 Å². The first-order valence-corrected chi connectivity index (χ1v) is 10.7. The number of hydrogen-bond acceptors (Lipinski definition) is 6. The Morgan fingerprint density at radius 1 is 1.14 bits per heavy atom. The third-order valence-corrected chi connectivity index (χ3v) is 6.09. The molecule has 1 saturated heterocycles. The van der Waals surface area contributed by atoms with Gasteiger partial charge in [-0.1, -0.05) is 0 Å². The summed E-state index contributed by atoms with van der Waals surface area (Å²) in [5.41, 5.74) is -0.273. The number of nitrogens with zero attached hydrogens (tertiary/aromatic N) is 1. The van der Waals surface area contributed by atoms with Gasteiger partial charge in [0, 0.05) is 19.1 Å². The Labute approximate surface area is 166 Å². The normalized spacial score (nSPS) is 16.4. The van der Waals surface area contributed by atoms with E-state index in [9.17, 15) is 18.0 Å². The van der Waals surface area contributed by atoms with Crippen molar-refractivity contribution in [3.8, 4) is 0 Å². The molecule has 28 heavy (non-hydrogen) atoms. The fourth-order valence-electron chi connectivity index (χ4n) is 2.84. The molecule has 0 spiro atoms. The molecular formula is C19H28N2O6S. The Morgan fingerprint density at radius 3 is 2.21 bits per heavy atom. The summed E-state index contributed by atoms with van der Waals surface area (Å²) in [6, 6.07) is 5.58. The van der Waals surface area contributed by atoms with E-state index in [-0.39, 0.29) is 17.5 Å². The predicted octanol–water partition coefficient (Wildman–Crippen LogP) is 2.54. The molecular weight excluding hydrogens is 384 g/mol. The van der Waals surface area contributed by atoms with E-state index in [0.717, 1.165) is 0 Å². The molecule has 156 valence electrons. The zero-order valence-corrected chi connectivity index (χ0v) is 17.5. The zero-order valence-electron chi connectivity index (χ0n) is 16.7. The summed E-state index contributed by atoms with van der Waals surface area (Å²) in [5, 5.41) is 2.79. The summed E-state index contributed by atoms with van der Waals surface area (Å²) < 4.78 is 37.1. The minimum absolute atomic E-state index is 0.124. The van der Waals surface area contributed by atoms with Gasteiger partial charge >= 0.3 is 12.1 Å². The lowest BCUT2D eigenvalue weighted by atomic mass is 10.1. The number of benzene rings is 1. The van der Waals surface area contributed by atoms with E-state index in [4.69, 9.17) is 9.47 Å². The van der Waals surface area contributed by atoms with Gasteiger partial charge < -0.3 is 14.8 Å². The number of rotatable bonds is 5. The number of carbonyl (C=O) groups is 2. The maximum atomic E-state index is 12.8. The molecule has 1 fully saturated rings. The summed E-state index contributed by atoms with van der Waals surface area (Å²) in [7, 11) is -3.66. The van der Waals surface area contributed by atoms with Crippen molar-refractivity contribution in [1.29, 1.82) is 0 Å². The van der Waals surface area contributed by atoms with Crippen LogP contribution in [-0.2, 0) is 19.5 Å². The summed E-state index contributed by atoms with van der Waals surface area (Å²) in [4.78, 5) is 23.7. The van der Waals surface area contributed by atoms with Gasteiger partial charge in [0.05, 0.1) is 17.1 Å². The van der Waals surface area contributed by atoms with E-state index in [1.54, 1.807) is 27.7 Å². The number of hydrogen-bond donors (Lipinski definition) is 1. The van der Waals surface area contributed by atoms with Crippen LogP contribution in [0.2, 0.25) is 0 Å². The number of esters is 1. The molecule has 0 aromatic heterocycles. The van der Waals surface area contributed by atoms with Gasteiger partial charge in [0.25, 0.3) is 0 Å². The van der Waals surface area contributed by atoms with E-state index in [0.29, 0.717) is 31.5 Å². The van der Waals surface area contributed by atoms with Crippen LogP contribution in [0.15, 0.2) is 29.2 Å². The molecule has 0 aliphatic carbocycles. The minimum atomic E-state index is -3.66. The quantitative estimate of drug-likeness (QED) is 0.746. The van der Waals surface area contributed by atoms with Gasteiger partial charge in [-0.15, -0.1) is 0 Å². The van der Waals surface area contributed by atoms with Crippen molar-refractivity contribution in [2.75, 3.05) is 19.7 Å². The number of ether oxygens (including phenoxy) is 2. The predicted molar refractivity (Wildman–Crippen MR) is 104 cm³/mol. The van der Waals surface area contributed by atoms with Gasteiger partial charge in [0.15, 0.2) is 0 Å². The molecule has 0 radical (unpaired) electrons. The van der Waals surface area contributed by atoms with E-state index in [2.05, 4.69) is 5.32 Å². The summed E-state index contributed by atoms with van der Waals surface area (Å²) in [6.07, 6.45) is 0.502. The Kier molecular flexibility index (Phi) is 7.06. The molecule has 1 aromatic rings. The lowest BCUT2D eigenvalue weighted by molar-refractivity contribution is 0.0486. The van der Waals surface area contributed by atoms with E-state index >= 15 is 0 Å². The van der Waals surface area contributed by atoms with Crippen molar-refractivity contribution in [3.63, 3.8) is 0 Å². The number of nitrogens with one attached hydrogen (secondary N) is 1. The van der Waals surface area contributed by atoms with Crippen LogP contribution in [0.3, 0.4) is 0 Å². The lowest BCUT2D eigenvalue weighted by Gasteiger charge is -2.32. The van der Waals surface area contributed by atoms with Gasteiger partial charge in [-0.2, -0.15) is 4.31 Å². The average Bonchev–Trinajstić information content (AvgIpc) is 2.61. The third-order valence-electron chi connectivity index (χ3n) is 4.18. The second-order valence-electron chi connectivity index (χ2n) is 7.57. The molecule has 1 aliphatic heterocycles. The highest BCUT2D eigenvalue weighted by molar-refractivity contribution is 7.89. The number of amides is 1. The standard InChI is InChI=1S/C19H28N2O6S/c1-5-26-17(22)14-6-8-16(9-7-14)28(24,25)21-12-10-15(11-13-21)20-18(23)27-19(2,3)4/h6-9,15H,5,10-13H2,1-4H3,(H,20,23). The lowest BCUT2D eigenvalue weighted by Crippen LogP contribution is -2.47. The molecule has 1 N–H and O–H groups in total. The highest BCUT2D eigenvalue weighted by Gasteiger charge is 2.30. The number of piperidine rings is 1. The number of sulfonamides is 1. The van der Waals surface area contributed by atoms with Crippen LogP contribution in [0.4, 0.5) is 4.79 Å². The van der Waals surface area contributed by atoms with Crippen LogP contribution in [0.5, 0.6) is 0 Å². The molecule has 0 bridgehead atoms. The molecule has 0 unspecified atom stereocenters. The summed E-state index contributed by atoms with van der Waals surface area (Å²) >= 11 is 0. The fraction of sp³-hybridized carbons (Fsp3) is 0.579. The molecule has 2 rings (SSSR count). The fourth-order valence-corrected chi connectivity index (χ4v) is 4.31. The van der Waals surface area contributed by atoms with Crippen LogP contribution >= 0.6 is 0 Å². The van der Waals surface area contributed by atoms with Crippen molar-refractivity contribution in [2.24, 2.45) is 0 Å². The van der Waals surface area contributed by atoms with Crippen LogP contribution in [-0.4, -0.2) is 56.1 Å². The zero-order chi connectivity index (χ0) is 20.9. The summed E-state index contributed by atoms with van der Waals surface area (Å²) in [5.74, 6) is -0.486. The highest BCUT2D eigenvalue weighted by atomic mass is 32.2. The van der Waals surface area contributed by atoms with E-state index < -0.39 is 27.7 Å². The second-order valence-corrected chi connectivity index (χ2v) is 9.51. The van der Waals surface area contributed by atoms with Crippen LogP contribution in [0, 0.1) is 0 Å². The van der Waals surface area contributed by atoms with E-state index in [1.807, 2.05) is 0 Å². The second kappa shape index (κ2) is 8.91. The van der Waals surface area contributed by atoms with Crippen molar-refractivity contribution in [3.05, 3.63) is 29.8 Å². The molecule has 0 atom stereocenters. The number of alkyl carbamates (subject to hydrolysis) is 1. The van der Waals surface area contributed by atoms with Crippen molar-refractivity contribution >= 4 is 22.1 Å². The maximum Gasteiger partial charge on any atom is 0.407 e. The van der Waals surface area contributed by atoms with E-state index in [1.165, 1.54) is 28.6 Å². The Balaban J connectivity index is 1.95. The smallest absolute Gasteiger partial charge is 0.407 e. The first kappa shape index (κ1) is 22.2. The average molecular weight is 413 g/mol. The number of carbonyl (C=O) groups excluding carboxylic acids is 2. The van der Waals surface area contributed by atoms with Crippen molar-refractivity contribution < 1.29 is 27.5 Å². The minimum Gasteiger partial charge on any atom is -0.462 e. The first-order valence-electron chi connectivity index (χ1n) is 9.30. The van der Waals surface area contributed by atoms with Gasteiger partial charge in [-0.3, -0.25) is 0 Å². The van der Waals surface area contributed by atoms with Gasteiger partial charge in [0.1, 0.15) is 5.60 Å². The molecule has 1 aliphatic rings. The Morgan fingerprint density at radius 2 is 1.71 bits per heavy atom. The maximum absolute atomic E-state index is 12.8. The third kappa shape index (κ3) is 5.93. The summed E-state index contributed by atoms with van der Waals surface area (Å²) in [6.45, 7) is 7.91. The van der Waals surface area contributed by atoms with Gasteiger partial charge in [-0.05, 0) is 64.8 Å². The molecule has 8 nitrogen and oxygen atoms in total. The van der Waals surface area contributed by atoms with Crippen molar-refractivity contribution in [1.82, 2.24) is 9.62 Å². The van der Waals surface area contributed by atoms with Crippen LogP contribution in [0.1, 0.15) is 50.9 Å². The highest BCUT2D eigenvalue weighted by Crippen LogP contribution is 2.22. The Hall–Kier alpha value is -2.13. The SMILES string of the molecule is CCOC(=O)c1ccc(S(=O)(=O)N2CCC(NC(=O)OC(C)(C)C)CC2)cc1. The molecule has 0 saturated carbocycles. The first-order chi connectivity index (χ1) is 13.0. The molecule has 1 amide bonds. The largest absolute Gasteiger partial charge is 0.462 e. The van der Waals surface area contributed by atoms with Crippen LogP contribution < -0.4 is 5.32 Å². The monoisotopic (exact) mass is 412 g/mol. The van der Waals surface area contributed by atoms with Crippen LogP contribution in [0.25, 0.3) is 0 Å². The molecule has 1 heterocycles. The molecule has 9 heteroatoms. The topological polar surface area (TPSA) is 102 Å².